The molecule has 0 aliphatic rings. The fraction of sp³-hybridized carbons (Fsp3) is 0. The number of anilines is 6. The van der Waals surface area contributed by atoms with Gasteiger partial charge in [-0.15, -0.1) is 0 Å². The molecule has 7 heteroatoms. The summed E-state index contributed by atoms with van der Waals surface area (Å²) in [6, 6.07) is 120. The zero-order chi connectivity index (χ0) is 61.5. The normalized spacial score (nSPS) is 11.2. The molecule has 16 rings (SSSR count). The highest BCUT2D eigenvalue weighted by molar-refractivity contribution is 6.12. The summed E-state index contributed by atoms with van der Waals surface area (Å²) in [6.45, 7) is 0. The molecule has 0 saturated heterocycles. The lowest BCUT2D eigenvalue weighted by Crippen LogP contribution is -2.09. The van der Waals surface area contributed by atoms with Gasteiger partial charge in [-0.05, 0) is 191 Å². The second-order valence-electron chi connectivity index (χ2n) is 23.0. The van der Waals surface area contributed by atoms with Crippen molar-refractivity contribution in [2.24, 2.45) is 0 Å². The summed E-state index contributed by atoms with van der Waals surface area (Å²) in [5.41, 5.74) is 23.6. The summed E-state index contributed by atoms with van der Waals surface area (Å²) in [5.74, 6) is 0. The van der Waals surface area contributed by atoms with Crippen LogP contribution in [-0.2, 0) is 0 Å². The zero-order valence-corrected chi connectivity index (χ0v) is 49.9. The van der Waals surface area contributed by atoms with E-state index in [2.05, 4.69) is 328 Å². The number of hydrogen-bond acceptors (Lipinski definition) is 5. The van der Waals surface area contributed by atoms with E-state index in [1.54, 1.807) is 6.07 Å². The minimum atomic E-state index is 0.323. The first-order valence-corrected chi connectivity index (χ1v) is 30.8. The van der Waals surface area contributed by atoms with Crippen LogP contribution in [0, 0.1) is 22.7 Å². The predicted octanol–water partition coefficient (Wildman–Crippen LogP) is 22.3. The summed E-state index contributed by atoms with van der Waals surface area (Å²) < 4.78 is 4.68. The van der Waals surface area contributed by atoms with Crippen LogP contribution in [0.25, 0.3) is 111 Å². The smallest absolute Gasteiger partial charge is 0.101 e. The van der Waals surface area contributed by atoms with Crippen molar-refractivity contribution in [2.75, 3.05) is 9.80 Å². The van der Waals surface area contributed by atoms with E-state index >= 15 is 0 Å². The van der Waals surface area contributed by atoms with Gasteiger partial charge < -0.3 is 18.9 Å². The second kappa shape index (κ2) is 23.4. The maximum Gasteiger partial charge on any atom is 0.101 e. The summed E-state index contributed by atoms with van der Waals surface area (Å²) in [7, 11) is 0. The number of benzene rings is 13. The van der Waals surface area contributed by atoms with E-state index in [-0.39, 0.29) is 0 Å². The van der Waals surface area contributed by atoms with Crippen LogP contribution in [0.3, 0.4) is 0 Å². The first-order chi connectivity index (χ1) is 45.5. The van der Waals surface area contributed by atoms with Crippen LogP contribution < -0.4 is 9.80 Å². The number of fused-ring (bicyclic) bond motifs is 6. The van der Waals surface area contributed by atoms with Crippen molar-refractivity contribution in [1.82, 2.24) is 14.1 Å². The third kappa shape index (κ3) is 9.86. The average Bonchev–Trinajstić information content (AvgIpc) is 1.61. The maximum absolute atomic E-state index is 10.3. The zero-order valence-electron chi connectivity index (χ0n) is 49.9. The molecule has 0 aliphatic heterocycles. The average molecular weight is 1170 g/mol. The highest BCUT2D eigenvalue weighted by Gasteiger charge is 2.20. The molecule has 3 aromatic heterocycles. The number of para-hydroxylation sites is 6. The number of nitrogens with zero attached hydrogens (tertiary/aromatic N) is 7. The highest BCUT2D eigenvalue weighted by Crippen LogP contribution is 2.43. The van der Waals surface area contributed by atoms with Crippen molar-refractivity contribution in [3.63, 3.8) is 0 Å². The standard InChI is InChI=1S/C85H55N7/c86-55-65-30-29-64(51-66(65)56-87)77-54-81(61-37-47-74(48-38-61)92-83-28-16-14-26-76(83)79-53-63(40-50-85(79)92)59-33-43-72(44-34-59)90(69-21-9-3-10-22-69)70-23-11-4-12-24-70)88-57-80(77)60-35-45-73(46-36-60)91-82-27-15-13-25-75(82)78-52-62(39-49-84(78)91)58-31-41-71(42-32-58)89(67-17-5-1-6-18-67)68-19-7-2-8-20-68/h1-54,57H. The Bertz CT molecular complexity index is 5410. The first-order valence-electron chi connectivity index (χ1n) is 30.8. The molecule has 0 saturated carbocycles. The molecule has 16 aromatic rings. The fourth-order valence-corrected chi connectivity index (χ4v) is 13.2. The Morgan fingerprint density at radius 3 is 1.05 bits per heavy atom. The lowest BCUT2D eigenvalue weighted by molar-refractivity contribution is 1.18. The van der Waals surface area contributed by atoms with E-state index in [1.807, 2.05) is 30.5 Å². The topological polar surface area (TPSA) is 76.8 Å². The Labute approximate surface area is 533 Å². The van der Waals surface area contributed by atoms with Crippen LogP contribution in [0.15, 0.2) is 334 Å². The molecule has 0 radical (unpaired) electrons. The van der Waals surface area contributed by atoms with Gasteiger partial charge in [0.15, 0.2) is 0 Å². The lowest BCUT2D eigenvalue weighted by atomic mass is 9.92. The van der Waals surface area contributed by atoms with Crippen molar-refractivity contribution in [1.29, 1.82) is 10.5 Å². The third-order valence-corrected chi connectivity index (χ3v) is 17.7. The van der Waals surface area contributed by atoms with E-state index in [1.165, 1.54) is 21.5 Å². The number of rotatable bonds is 13. The molecule has 0 aliphatic carbocycles. The number of hydrogen-bond donors (Lipinski definition) is 0. The molecule has 0 unspecified atom stereocenters. The SMILES string of the molecule is N#Cc1ccc(-c2cc(-c3ccc(-n4c5ccccc5c5cc(-c6ccc(N(c7ccccc7)c7ccccc7)cc6)ccc54)cc3)ncc2-c2ccc(-n3c4ccccc4c4cc(-c5ccc(N(c6ccccc6)c6ccccc6)cc5)ccc43)cc2)cc1C#N. The molecule has 430 valence electrons. The van der Waals surface area contributed by atoms with Gasteiger partial charge >= 0.3 is 0 Å². The molecule has 13 aromatic carbocycles. The van der Waals surface area contributed by atoms with Crippen LogP contribution in [0.5, 0.6) is 0 Å². The molecule has 0 spiro atoms. The number of aromatic nitrogens is 3. The summed E-state index contributed by atoms with van der Waals surface area (Å²) in [6.07, 6.45) is 1.94. The minimum absolute atomic E-state index is 0.323. The Morgan fingerprint density at radius 1 is 0.261 bits per heavy atom. The van der Waals surface area contributed by atoms with E-state index in [0.717, 1.165) is 123 Å². The molecule has 3 heterocycles. The summed E-state index contributed by atoms with van der Waals surface area (Å²) >= 11 is 0. The number of nitriles is 2. The van der Waals surface area contributed by atoms with Gasteiger partial charge in [0.25, 0.3) is 0 Å². The Morgan fingerprint density at radius 2 is 0.620 bits per heavy atom. The molecule has 92 heavy (non-hydrogen) atoms. The van der Waals surface area contributed by atoms with Crippen LogP contribution in [0.4, 0.5) is 34.1 Å². The molecule has 7 nitrogen and oxygen atoms in total. The minimum Gasteiger partial charge on any atom is -0.311 e. The van der Waals surface area contributed by atoms with Gasteiger partial charge in [0, 0.05) is 84.4 Å². The third-order valence-electron chi connectivity index (χ3n) is 17.7. The Hall–Kier alpha value is -12.8. The van der Waals surface area contributed by atoms with Crippen LogP contribution in [0.1, 0.15) is 11.1 Å². The monoisotopic (exact) mass is 1170 g/mol. The predicted molar refractivity (Wildman–Crippen MR) is 379 cm³/mol. The highest BCUT2D eigenvalue weighted by atomic mass is 15.1. The number of pyridine rings is 1. The fourth-order valence-electron chi connectivity index (χ4n) is 13.2. The summed E-state index contributed by atoms with van der Waals surface area (Å²) in [5, 5.41) is 24.9. The van der Waals surface area contributed by atoms with Gasteiger partial charge in [-0.1, -0.05) is 176 Å². The lowest BCUT2D eigenvalue weighted by Gasteiger charge is -2.25. The van der Waals surface area contributed by atoms with Gasteiger partial charge in [-0.2, -0.15) is 10.5 Å². The van der Waals surface area contributed by atoms with E-state index in [4.69, 9.17) is 4.98 Å². The largest absolute Gasteiger partial charge is 0.311 e. The van der Waals surface area contributed by atoms with Gasteiger partial charge in [-0.25, -0.2) is 0 Å². The van der Waals surface area contributed by atoms with Gasteiger partial charge in [-0.3, -0.25) is 4.98 Å². The second-order valence-corrected chi connectivity index (χ2v) is 23.0. The molecular formula is C85H55N7. The van der Waals surface area contributed by atoms with Crippen LogP contribution in [-0.4, -0.2) is 14.1 Å². The molecule has 0 atom stereocenters. The molecular weight excluding hydrogens is 1120 g/mol. The van der Waals surface area contributed by atoms with Gasteiger partial charge in [0.1, 0.15) is 12.1 Å². The Balaban J connectivity index is 0.711. The van der Waals surface area contributed by atoms with E-state index in [9.17, 15) is 10.5 Å². The van der Waals surface area contributed by atoms with Crippen LogP contribution >= 0.6 is 0 Å². The Kier molecular flexibility index (Phi) is 13.9. The van der Waals surface area contributed by atoms with Crippen molar-refractivity contribution in [3.05, 3.63) is 345 Å². The first kappa shape index (κ1) is 54.6. The van der Waals surface area contributed by atoms with E-state index in [0.29, 0.717) is 11.1 Å². The summed E-state index contributed by atoms with van der Waals surface area (Å²) in [4.78, 5) is 9.73. The quantitative estimate of drug-likeness (QED) is 0.115. The molecule has 0 bridgehead atoms. The molecule has 0 fully saturated rings. The van der Waals surface area contributed by atoms with Crippen LogP contribution in [0.2, 0.25) is 0 Å². The molecule has 0 amide bonds. The molecule has 0 N–H and O–H groups in total. The van der Waals surface area contributed by atoms with Crippen molar-refractivity contribution in [3.8, 4) is 79.3 Å². The van der Waals surface area contributed by atoms with Crippen molar-refractivity contribution >= 4 is 77.7 Å². The van der Waals surface area contributed by atoms with Gasteiger partial charge in [0.2, 0.25) is 0 Å². The van der Waals surface area contributed by atoms with E-state index < -0.39 is 0 Å². The maximum atomic E-state index is 10.3. The van der Waals surface area contributed by atoms with Crippen molar-refractivity contribution in [2.45, 2.75) is 0 Å². The van der Waals surface area contributed by atoms with Crippen molar-refractivity contribution < 1.29 is 0 Å². The van der Waals surface area contributed by atoms with Gasteiger partial charge in [0.05, 0.1) is 38.9 Å².